The van der Waals surface area contributed by atoms with Gasteiger partial charge in [-0.25, -0.2) is 9.97 Å². The number of nitrogens with one attached hydrogen (secondary N) is 1. The van der Waals surface area contributed by atoms with Crippen LogP contribution in [0.2, 0.25) is 0 Å². The molecule has 17 heavy (non-hydrogen) atoms. The molecule has 92 valence electrons. The number of hydrogen-bond donors (Lipinski definition) is 1. The fourth-order valence-corrected chi connectivity index (χ4v) is 3.19. The summed E-state index contributed by atoms with van der Waals surface area (Å²) >= 11 is 1.92. The van der Waals surface area contributed by atoms with Crippen LogP contribution < -0.4 is 5.32 Å². The fourth-order valence-electron chi connectivity index (χ4n) is 2.35. The minimum absolute atomic E-state index is 0.0830. The SMILES string of the molecule is Cc1nc(C2CSCCO2)nc2c1CCNC2. The van der Waals surface area contributed by atoms with Crippen LogP contribution in [0.3, 0.4) is 0 Å². The molecule has 0 radical (unpaired) electrons. The predicted molar refractivity (Wildman–Crippen MR) is 68.2 cm³/mol. The highest BCUT2D eigenvalue weighted by Gasteiger charge is 2.22. The molecule has 2 aliphatic rings. The molecule has 0 bridgehead atoms. The van der Waals surface area contributed by atoms with E-state index in [-0.39, 0.29) is 6.10 Å². The number of hydrogen-bond acceptors (Lipinski definition) is 5. The van der Waals surface area contributed by atoms with E-state index in [0.717, 1.165) is 54.8 Å². The average molecular weight is 251 g/mol. The van der Waals surface area contributed by atoms with Crippen molar-refractivity contribution in [3.8, 4) is 0 Å². The Balaban J connectivity index is 1.92. The van der Waals surface area contributed by atoms with E-state index in [1.807, 2.05) is 11.8 Å². The molecule has 0 aromatic carbocycles. The van der Waals surface area contributed by atoms with E-state index >= 15 is 0 Å². The number of aromatic nitrogens is 2. The lowest BCUT2D eigenvalue weighted by atomic mass is 10.0. The predicted octanol–water partition coefficient (Wildman–Crippen LogP) is 1.24. The normalized spacial score (nSPS) is 24.4. The van der Waals surface area contributed by atoms with Crippen molar-refractivity contribution in [3.63, 3.8) is 0 Å². The van der Waals surface area contributed by atoms with Crippen LogP contribution in [0.1, 0.15) is 28.9 Å². The van der Waals surface area contributed by atoms with Gasteiger partial charge in [-0.15, -0.1) is 0 Å². The van der Waals surface area contributed by atoms with Gasteiger partial charge >= 0.3 is 0 Å². The number of rotatable bonds is 1. The first-order chi connectivity index (χ1) is 8.34. The average Bonchev–Trinajstić information content (AvgIpc) is 2.40. The van der Waals surface area contributed by atoms with Gasteiger partial charge in [-0.05, 0) is 25.5 Å². The van der Waals surface area contributed by atoms with E-state index in [9.17, 15) is 0 Å². The van der Waals surface area contributed by atoms with Crippen LogP contribution in [-0.4, -0.2) is 34.6 Å². The molecule has 0 spiro atoms. The van der Waals surface area contributed by atoms with Crippen molar-refractivity contribution in [2.75, 3.05) is 24.7 Å². The zero-order valence-electron chi connectivity index (χ0n) is 10.0. The summed E-state index contributed by atoms with van der Waals surface area (Å²) < 4.78 is 5.74. The summed E-state index contributed by atoms with van der Waals surface area (Å²) in [6.07, 6.45) is 1.13. The monoisotopic (exact) mass is 251 g/mol. The van der Waals surface area contributed by atoms with Gasteiger partial charge in [0.15, 0.2) is 5.82 Å². The molecule has 0 saturated carbocycles. The lowest BCUT2D eigenvalue weighted by molar-refractivity contribution is 0.0690. The molecular weight excluding hydrogens is 234 g/mol. The van der Waals surface area contributed by atoms with Crippen molar-refractivity contribution in [1.82, 2.24) is 15.3 Å². The molecule has 4 nitrogen and oxygen atoms in total. The van der Waals surface area contributed by atoms with Crippen LogP contribution in [0.25, 0.3) is 0 Å². The first kappa shape index (κ1) is 11.4. The third-order valence-electron chi connectivity index (χ3n) is 3.26. The van der Waals surface area contributed by atoms with Crippen LogP contribution in [0.15, 0.2) is 0 Å². The van der Waals surface area contributed by atoms with Crippen molar-refractivity contribution in [2.24, 2.45) is 0 Å². The second kappa shape index (κ2) is 4.92. The quantitative estimate of drug-likeness (QED) is 0.813. The van der Waals surface area contributed by atoms with Gasteiger partial charge in [0.2, 0.25) is 0 Å². The minimum atomic E-state index is 0.0830. The number of thioether (sulfide) groups is 1. The zero-order chi connectivity index (χ0) is 11.7. The molecule has 1 saturated heterocycles. The Morgan fingerprint density at radius 2 is 2.35 bits per heavy atom. The molecule has 1 aromatic heterocycles. The maximum atomic E-state index is 5.74. The first-order valence-corrected chi connectivity index (χ1v) is 7.26. The molecule has 3 heterocycles. The highest BCUT2D eigenvalue weighted by Crippen LogP contribution is 2.26. The van der Waals surface area contributed by atoms with E-state index in [2.05, 4.69) is 22.2 Å². The highest BCUT2D eigenvalue weighted by atomic mass is 32.2. The van der Waals surface area contributed by atoms with Gasteiger partial charge < -0.3 is 10.1 Å². The smallest absolute Gasteiger partial charge is 0.158 e. The maximum Gasteiger partial charge on any atom is 0.158 e. The molecule has 5 heteroatoms. The van der Waals surface area contributed by atoms with Gasteiger partial charge in [0.1, 0.15) is 6.10 Å². The third-order valence-corrected chi connectivity index (χ3v) is 4.26. The van der Waals surface area contributed by atoms with E-state index in [1.54, 1.807) is 0 Å². The number of fused-ring (bicyclic) bond motifs is 1. The first-order valence-electron chi connectivity index (χ1n) is 6.11. The zero-order valence-corrected chi connectivity index (χ0v) is 10.8. The Hall–Kier alpha value is -0.650. The second-order valence-electron chi connectivity index (χ2n) is 4.45. The summed E-state index contributed by atoms with van der Waals surface area (Å²) in [6.45, 7) is 4.80. The Morgan fingerprint density at radius 1 is 1.41 bits per heavy atom. The molecule has 0 amide bonds. The Morgan fingerprint density at radius 3 is 3.18 bits per heavy atom. The molecule has 3 rings (SSSR count). The summed E-state index contributed by atoms with van der Waals surface area (Å²) in [5.41, 5.74) is 3.62. The maximum absolute atomic E-state index is 5.74. The Bertz CT molecular complexity index is 418. The Labute approximate surface area is 106 Å². The summed E-state index contributed by atoms with van der Waals surface area (Å²) in [5, 5.41) is 3.36. The van der Waals surface area contributed by atoms with Gasteiger partial charge in [-0.2, -0.15) is 11.8 Å². The van der Waals surface area contributed by atoms with Crippen molar-refractivity contribution in [2.45, 2.75) is 26.0 Å². The van der Waals surface area contributed by atoms with E-state index in [1.165, 1.54) is 5.56 Å². The van der Waals surface area contributed by atoms with Gasteiger partial charge in [-0.1, -0.05) is 0 Å². The van der Waals surface area contributed by atoms with Crippen LogP contribution in [0.4, 0.5) is 0 Å². The van der Waals surface area contributed by atoms with Crippen molar-refractivity contribution in [1.29, 1.82) is 0 Å². The molecule has 1 N–H and O–H groups in total. The van der Waals surface area contributed by atoms with Crippen molar-refractivity contribution < 1.29 is 4.74 Å². The molecular formula is C12H17N3OS. The van der Waals surface area contributed by atoms with Gasteiger partial charge in [0.05, 0.1) is 12.3 Å². The van der Waals surface area contributed by atoms with Crippen LogP contribution in [-0.2, 0) is 17.7 Å². The van der Waals surface area contributed by atoms with Gasteiger partial charge in [-0.3, -0.25) is 0 Å². The van der Waals surface area contributed by atoms with Crippen molar-refractivity contribution >= 4 is 11.8 Å². The van der Waals surface area contributed by atoms with Crippen LogP contribution in [0, 0.1) is 6.92 Å². The lowest BCUT2D eigenvalue weighted by Crippen LogP contribution is -2.28. The minimum Gasteiger partial charge on any atom is -0.368 e. The summed E-state index contributed by atoms with van der Waals surface area (Å²) in [5.74, 6) is 2.94. The molecule has 0 aliphatic carbocycles. The fraction of sp³-hybridized carbons (Fsp3) is 0.667. The van der Waals surface area contributed by atoms with E-state index in [0.29, 0.717) is 0 Å². The molecule has 1 fully saturated rings. The number of aryl methyl sites for hydroxylation is 1. The summed E-state index contributed by atoms with van der Waals surface area (Å²) in [7, 11) is 0. The molecule has 1 unspecified atom stereocenters. The summed E-state index contributed by atoms with van der Waals surface area (Å²) in [4.78, 5) is 9.32. The van der Waals surface area contributed by atoms with E-state index in [4.69, 9.17) is 4.74 Å². The van der Waals surface area contributed by atoms with Crippen LogP contribution >= 0.6 is 11.8 Å². The second-order valence-corrected chi connectivity index (χ2v) is 5.60. The molecule has 1 aromatic rings. The highest BCUT2D eigenvalue weighted by molar-refractivity contribution is 7.99. The third kappa shape index (κ3) is 2.32. The molecule has 2 aliphatic heterocycles. The van der Waals surface area contributed by atoms with E-state index < -0.39 is 0 Å². The number of nitrogens with zero attached hydrogens (tertiary/aromatic N) is 2. The van der Waals surface area contributed by atoms with Gasteiger partial charge in [0, 0.05) is 23.7 Å². The largest absolute Gasteiger partial charge is 0.368 e. The molecule has 1 atom stereocenters. The van der Waals surface area contributed by atoms with Gasteiger partial charge in [0.25, 0.3) is 0 Å². The van der Waals surface area contributed by atoms with Crippen molar-refractivity contribution in [3.05, 3.63) is 22.8 Å². The Kier molecular flexibility index (Phi) is 3.31. The summed E-state index contributed by atoms with van der Waals surface area (Å²) in [6, 6.07) is 0. The standard InChI is InChI=1S/C12H17N3OS/c1-8-9-2-3-13-6-10(9)15-12(14-8)11-7-17-5-4-16-11/h11,13H,2-7H2,1H3. The lowest BCUT2D eigenvalue weighted by Gasteiger charge is -2.24. The van der Waals surface area contributed by atoms with Crippen LogP contribution in [0.5, 0.6) is 0 Å². The number of ether oxygens (including phenoxy) is 1. The topological polar surface area (TPSA) is 47.0 Å².